The molecule has 1 amide bonds. The van der Waals surface area contributed by atoms with Gasteiger partial charge in [-0.15, -0.1) is 0 Å². The first-order valence-corrected chi connectivity index (χ1v) is 13.3. The van der Waals surface area contributed by atoms with Gasteiger partial charge in [-0.3, -0.25) is 0 Å². The topological polar surface area (TPSA) is 34.5 Å². The second-order valence-electron chi connectivity index (χ2n) is 9.75. The van der Waals surface area contributed by atoms with Crippen LogP contribution in [0.2, 0.25) is 0 Å². The van der Waals surface area contributed by atoms with Crippen molar-refractivity contribution in [1.82, 2.24) is 9.47 Å². The maximum absolute atomic E-state index is 12.9. The first-order chi connectivity index (χ1) is 18.5. The molecule has 0 spiro atoms. The average Bonchev–Trinajstić information content (AvgIpc) is 3.32. The summed E-state index contributed by atoms with van der Waals surface area (Å²) in [4.78, 5) is 14.6. The number of carbonyl (C=O) groups is 1. The van der Waals surface area contributed by atoms with E-state index in [1.54, 1.807) is 4.90 Å². The van der Waals surface area contributed by atoms with Crippen LogP contribution in [0.1, 0.15) is 30.5 Å². The molecule has 0 N–H and O–H groups in total. The Hall–Kier alpha value is -4.31. The highest BCUT2D eigenvalue weighted by atomic mass is 16.6. The molecule has 0 aliphatic heterocycles. The second kappa shape index (κ2) is 11.0. The van der Waals surface area contributed by atoms with E-state index in [4.69, 9.17) is 4.74 Å². The summed E-state index contributed by atoms with van der Waals surface area (Å²) in [5, 5.41) is 1.07. The van der Waals surface area contributed by atoms with E-state index < -0.39 is 0 Å². The van der Waals surface area contributed by atoms with Crippen LogP contribution in [0.4, 0.5) is 4.79 Å². The van der Waals surface area contributed by atoms with Crippen LogP contribution < -0.4 is 4.74 Å². The molecule has 0 radical (unpaired) electrons. The van der Waals surface area contributed by atoms with Gasteiger partial charge in [-0.1, -0.05) is 83.9 Å². The zero-order chi connectivity index (χ0) is 26.6. The van der Waals surface area contributed by atoms with Gasteiger partial charge in [-0.25, -0.2) is 4.79 Å². The van der Waals surface area contributed by atoms with E-state index in [-0.39, 0.29) is 6.09 Å². The van der Waals surface area contributed by atoms with Crippen LogP contribution in [0.25, 0.3) is 33.2 Å². The van der Waals surface area contributed by atoms with Crippen LogP contribution in [0.3, 0.4) is 0 Å². The number of rotatable bonds is 7. The van der Waals surface area contributed by atoms with Gasteiger partial charge in [0, 0.05) is 42.3 Å². The summed E-state index contributed by atoms with van der Waals surface area (Å²) in [6.07, 6.45) is 1.81. The summed E-state index contributed by atoms with van der Waals surface area (Å²) < 4.78 is 8.29. The molecule has 0 aliphatic carbocycles. The van der Waals surface area contributed by atoms with Crippen LogP contribution in [-0.2, 0) is 6.54 Å². The fraction of sp³-hybridized carbons (Fsp3) is 0.206. The van der Waals surface area contributed by atoms with Gasteiger partial charge in [0.2, 0.25) is 0 Å². The summed E-state index contributed by atoms with van der Waals surface area (Å²) in [5.41, 5.74) is 9.15. The lowest BCUT2D eigenvalue weighted by Crippen LogP contribution is -2.33. The van der Waals surface area contributed by atoms with Crippen LogP contribution >= 0.6 is 0 Å². The lowest BCUT2D eigenvalue weighted by Gasteiger charge is -2.20. The molecular formula is C34H34N2O2. The molecule has 0 unspecified atom stereocenters. The molecule has 1 heterocycles. The average molecular weight is 503 g/mol. The van der Waals surface area contributed by atoms with Crippen molar-refractivity contribution in [2.24, 2.45) is 0 Å². The van der Waals surface area contributed by atoms with E-state index in [0.717, 1.165) is 28.6 Å². The number of amides is 1. The Bertz CT molecular complexity index is 1560. The first-order valence-electron chi connectivity index (χ1n) is 13.3. The Morgan fingerprint density at radius 2 is 1.47 bits per heavy atom. The van der Waals surface area contributed by atoms with Gasteiger partial charge in [0.25, 0.3) is 0 Å². The Balaban J connectivity index is 1.62. The molecule has 0 atom stereocenters. The zero-order valence-electron chi connectivity index (χ0n) is 22.6. The first kappa shape index (κ1) is 25.3. The molecule has 0 bridgehead atoms. The Kier molecular flexibility index (Phi) is 7.32. The Morgan fingerprint density at radius 1 is 0.789 bits per heavy atom. The number of ether oxygens (including phenoxy) is 1. The highest BCUT2D eigenvalue weighted by Gasteiger charge is 2.20. The molecule has 4 aromatic carbocycles. The molecule has 192 valence electrons. The van der Waals surface area contributed by atoms with Crippen LogP contribution in [0.15, 0.2) is 97.2 Å². The third-order valence-electron chi connectivity index (χ3n) is 7.09. The molecule has 0 saturated heterocycles. The summed E-state index contributed by atoms with van der Waals surface area (Å²) in [6, 6.07) is 31.7. The van der Waals surface area contributed by atoms with Crippen LogP contribution in [0, 0.1) is 13.8 Å². The molecule has 4 heteroatoms. The van der Waals surface area contributed by atoms with Crippen molar-refractivity contribution in [3.8, 4) is 28.0 Å². The van der Waals surface area contributed by atoms with Crippen LogP contribution in [-0.4, -0.2) is 28.6 Å². The lowest BCUT2D eigenvalue weighted by molar-refractivity contribution is 0.157. The van der Waals surface area contributed by atoms with Crippen LogP contribution in [0.5, 0.6) is 5.75 Å². The van der Waals surface area contributed by atoms with E-state index in [1.807, 2.05) is 26.0 Å². The molecule has 38 heavy (non-hydrogen) atoms. The van der Waals surface area contributed by atoms with Crippen molar-refractivity contribution in [2.45, 2.75) is 34.2 Å². The van der Waals surface area contributed by atoms with Crippen molar-refractivity contribution in [1.29, 1.82) is 0 Å². The van der Waals surface area contributed by atoms with Crippen molar-refractivity contribution in [3.05, 3.63) is 114 Å². The molecule has 4 nitrogen and oxygen atoms in total. The van der Waals surface area contributed by atoms with Gasteiger partial charge in [-0.05, 0) is 68.1 Å². The SMILES string of the molecule is CCN(CC)C(=O)Oc1ccc2c(ccn2Cc2ccccc2-c2ccccc2)c1-c1cc(C)cc(C)c1. The van der Waals surface area contributed by atoms with Gasteiger partial charge in [-0.2, -0.15) is 0 Å². The molecule has 5 aromatic rings. The third kappa shape index (κ3) is 5.08. The van der Waals surface area contributed by atoms with Crippen molar-refractivity contribution in [3.63, 3.8) is 0 Å². The second-order valence-corrected chi connectivity index (χ2v) is 9.75. The highest BCUT2D eigenvalue weighted by molar-refractivity contribution is 6.00. The Morgan fingerprint density at radius 3 is 2.18 bits per heavy atom. The van der Waals surface area contributed by atoms with Crippen molar-refractivity contribution >= 4 is 17.0 Å². The zero-order valence-corrected chi connectivity index (χ0v) is 22.6. The van der Waals surface area contributed by atoms with Gasteiger partial charge < -0.3 is 14.2 Å². The molecule has 5 rings (SSSR count). The van der Waals surface area contributed by atoms with Gasteiger partial charge >= 0.3 is 6.09 Å². The van der Waals surface area contributed by atoms with Crippen molar-refractivity contribution < 1.29 is 9.53 Å². The minimum atomic E-state index is -0.323. The predicted octanol–water partition coefficient (Wildman–Crippen LogP) is 8.48. The molecule has 0 fully saturated rings. The standard InChI is InChI=1S/C34H34N2O2/c1-5-35(6-2)34(37)38-32-17-16-31-30(33(32)28-21-24(3)20-25(4)22-28)18-19-36(31)23-27-14-10-11-15-29(27)26-12-8-7-9-13-26/h7-22H,5-6,23H2,1-4H3. The number of nitrogens with zero attached hydrogens (tertiary/aromatic N) is 2. The van der Waals surface area contributed by atoms with Gasteiger partial charge in [0.05, 0.1) is 0 Å². The number of hydrogen-bond acceptors (Lipinski definition) is 2. The fourth-order valence-corrected chi connectivity index (χ4v) is 5.27. The fourth-order valence-electron chi connectivity index (χ4n) is 5.27. The van der Waals surface area contributed by atoms with E-state index in [1.165, 1.54) is 27.8 Å². The number of hydrogen-bond donors (Lipinski definition) is 0. The quantitative estimate of drug-likeness (QED) is 0.224. The van der Waals surface area contributed by atoms with Gasteiger partial charge in [0.1, 0.15) is 5.75 Å². The summed E-state index contributed by atoms with van der Waals surface area (Å²) in [5.74, 6) is 0.585. The van der Waals surface area contributed by atoms with Gasteiger partial charge in [0.15, 0.2) is 0 Å². The number of aromatic nitrogens is 1. The minimum absolute atomic E-state index is 0.323. The van der Waals surface area contributed by atoms with Crippen molar-refractivity contribution in [2.75, 3.05) is 13.1 Å². The normalized spacial score (nSPS) is 11.1. The largest absolute Gasteiger partial charge is 0.415 e. The molecular weight excluding hydrogens is 468 g/mol. The third-order valence-corrected chi connectivity index (χ3v) is 7.09. The predicted molar refractivity (Wildman–Crippen MR) is 157 cm³/mol. The van der Waals surface area contributed by atoms with E-state index in [9.17, 15) is 4.79 Å². The maximum Gasteiger partial charge on any atom is 0.415 e. The summed E-state index contributed by atoms with van der Waals surface area (Å²) in [7, 11) is 0. The minimum Gasteiger partial charge on any atom is -0.410 e. The van der Waals surface area contributed by atoms with E-state index >= 15 is 0 Å². The molecule has 1 aromatic heterocycles. The Labute approximate surface area is 225 Å². The monoisotopic (exact) mass is 502 g/mol. The summed E-state index contributed by atoms with van der Waals surface area (Å²) in [6.45, 7) is 10.1. The lowest BCUT2D eigenvalue weighted by atomic mass is 9.97. The van der Waals surface area contributed by atoms with E-state index in [2.05, 4.69) is 103 Å². The molecule has 0 aliphatic rings. The summed E-state index contributed by atoms with van der Waals surface area (Å²) >= 11 is 0. The number of fused-ring (bicyclic) bond motifs is 1. The highest BCUT2D eigenvalue weighted by Crippen LogP contribution is 2.39. The number of carbonyl (C=O) groups excluding carboxylic acids is 1. The number of benzene rings is 4. The number of aryl methyl sites for hydroxylation is 2. The molecule has 0 saturated carbocycles. The maximum atomic E-state index is 12.9. The smallest absolute Gasteiger partial charge is 0.410 e. The van der Waals surface area contributed by atoms with E-state index in [0.29, 0.717) is 18.8 Å².